The van der Waals surface area contributed by atoms with Gasteiger partial charge in [0.25, 0.3) is 0 Å². The molecule has 2 aliphatic rings. The molecule has 3 nitrogen and oxygen atoms in total. The van der Waals surface area contributed by atoms with E-state index in [2.05, 4.69) is 23.9 Å². The standard InChI is InChI=1S/C10H14N2O/c1-11-7-10(3-4-10)12(2)9-6-13-5-8(9)11/h5-6H,3-4,7H2,1-2H3. The fraction of sp³-hybridized carbons (Fsp3) is 0.600. The molecule has 3 rings (SSSR count). The van der Waals surface area contributed by atoms with E-state index in [0.29, 0.717) is 5.54 Å². The minimum absolute atomic E-state index is 0.422. The normalized spacial score (nSPS) is 23.5. The summed E-state index contributed by atoms with van der Waals surface area (Å²) >= 11 is 0. The van der Waals surface area contributed by atoms with Gasteiger partial charge in [-0.1, -0.05) is 0 Å². The predicted molar refractivity (Wildman–Crippen MR) is 52.3 cm³/mol. The highest BCUT2D eigenvalue weighted by Gasteiger charge is 2.51. The van der Waals surface area contributed by atoms with Crippen molar-refractivity contribution in [2.24, 2.45) is 0 Å². The lowest BCUT2D eigenvalue weighted by atomic mass is 10.1. The summed E-state index contributed by atoms with van der Waals surface area (Å²) in [5, 5.41) is 0. The summed E-state index contributed by atoms with van der Waals surface area (Å²) in [5.74, 6) is 0. The Balaban J connectivity index is 2.10. The van der Waals surface area contributed by atoms with E-state index in [9.17, 15) is 0 Å². The number of anilines is 2. The van der Waals surface area contributed by atoms with Gasteiger partial charge < -0.3 is 14.2 Å². The maximum Gasteiger partial charge on any atom is 0.116 e. The van der Waals surface area contributed by atoms with Gasteiger partial charge in [-0.3, -0.25) is 0 Å². The van der Waals surface area contributed by atoms with Gasteiger partial charge in [-0.15, -0.1) is 0 Å². The third kappa shape index (κ3) is 0.794. The summed E-state index contributed by atoms with van der Waals surface area (Å²) in [4.78, 5) is 4.68. The highest BCUT2D eigenvalue weighted by molar-refractivity contribution is 5.73. The Morgan fingerprint density at radius 2 is 1.92 bits per heavy atom. The molecule has 70 valence electrons. The van der Waals surface area contributed by atoms with Gasteiger partial charge in [0.15, 0.2) is 0 Å². The Morgan fingerprint density at radius 3 is 2.62 bits per heavy atom. The molecular formula is C10H14N2O. The zero-order valence-corrected chi connectivity index (χ0v) is 8.08. The van der Waals surface area contributed by atoms with Crippen molar-refractivity contribution < 1.29 is 4.42 Å². The summed E-state index contributed by atoms with van der Waals surface area (Å²) in [6, 6.07) is 0. The Kier molecular flexibility index (Phi) is 1.14. The van der Waals surface area contributed by atoms with Crippen LogP contribution in [0.25, 0.3) is 0 Å². The first kappa shape index (κ1) is 7.30. The Bertz CT molecular complexity index is 340. The van der Waals surface area contributed by atoms with Crippen LogP contribution in [0.15, 0.2) is 16.9 Å². The van der Waals surface area contributed by atoms with Crippen LogP contribution in [-0.2, 0) is 0 Å². The molecule has 3 heteroatoms. The van der Waals surface area contributed by atoms with Gasteiger partial charge in [0, 0.05) is 20.6 Å². The Hall–Kier alpha value is -1.12. The number of rotatable bonds is 0. The molecule has 0 aromatic carbocycles. The van der Waals surface area contributed by atoms with Gasteiger partial charge in [-0.25, -0.2) is 0 Å². The lowest BCUT2D eigenvalue weighted by molar-refractivity contribution is 0.566. The van der Waals surface area contributed by atoms with Gasteiger partial charge in [0.1, 0.15) is 12.5 Å². The number of furan rings is 1. The molecule has 13 heavy (non-hydrogen) atoms. The van der Waals surface area contributed by atoms with Crippen molar-refractivity contribution in [1.82, 2.24) is 0 Å². The molecule has 1 aliphatic heterocycles. The van der Waals surface area contributed by atoms with E-state index in [0.717, 1.165) is 6.54 Å². The van der Waals surface area contributed by atoms with Crippen molar-refractivity contribution in [3.8, 4) is 0 Å². The zero-order valence-electron chi connectivity index (χ0n) is 8.08. The second-order valence-corrected chi connectivity index (χ2v) is 4.28. The van der Waals surface area contributed by atoms with Crippen molar-refractivity contribution in [2.75, 3.05) is 30.4 Å². The molecule has 0 amide bonds. The van der Waals surface area contributed by atoms with E-state index in [1.54, 1.807) is 0 Å². The zero-order chi connectivity index (χ0) is 9.05. The molecule has 0 N–H and O–H groups in total. The van der Waals surface area contributed by atoms with Gasteiger partial charge >= 0.3 is 0 Å². The predicted octanol–water partition coefficient (Wildman–Crippen LogP) is 1.70. The van der Waals surface area contributed by atoms with Crippen LogP contribution >= 0.6 is 0 Å². The summed E-state index contributed by atoms with van der Waals surface area (Å²) in [5.41, 5.74) is 2.89. The highest BCUT2D eigenvalue weighted by atomic mass is 16.3. The van der Waals surface area contributed by atoms with Gasteiger partial charge in [0.2, 0.25) is 0 Å². The maximum atomic E-state index is 5.25. The minimum atomic E-state index is 0.422. The van der Waals surface area contributed by atoms with Gasteiger partial charge in [0.05, 0.1) is 16.9 Å². The number of likely N-dealkylation sites (N-methyl/N-ethyl adjacent to an activating group) is 2. The van der Waals surface area contributed by atoms with Crippen LogP contribution in [0.5, 0.6) is 0 Å². The molecule has 1 fully saturated rings. The summed E-state index contributed by atoms with van der Waals surface area (Å²) in [6.45, 7) is 1.13. The van der Waals surface area contributed by atoms with E-state index >= 15 is 0 Å². The molecule has 1 saturated carbocycles. The van der Waals surface area contributed by atoms with E-state index in [-0.39, 0.29) is 0 Å². The average Bonchev–Trinajstić information content (AvgIpc) is 2.70. The number of hydrogen-bond acceptors (Lipinski definition) is 3. The smallest absolute Gasteiger partial charge is 0.116 e. The fourth-order valence-corrected chi connectivity index (χ4v) is 2.35. The maximum absolute atomic E-state index is 5.25. The molecule has 0 unspecified atom stereocenters. The number of fused-ring (bicyclic) bond motifs is 1. The Labute approximate surface area is 77.9 Å². The fourth-order valence-electron chi connectivity index (χ4n) is 2.35. The lowest BCUT2D eigenvalue weighted by Crippen LogP contribution is -2.47. The molecule has 0 bridgehead atoms. The lowest BCUT2D eigenvalue weighted by Gasteiger charge is -2.39. The molecule has 1 aromatic heterocycles. The summed E-state index contributed by atoms with van der Waals surface area (Å²) in [6.07, 6.45) is 6.32. The van der Waals surface area contributed by atoms with E-state index < -0.39 is 0 Å². The van der Waals surface area contributed by atoms with Gasteiger partial charge in [-0.05, 0) is 12.8 Å². The third-order valence-electron chi connectivity index (χ3n) is 3.46. The monoisotopic (exact) mass is 178 g/mol. The third-order valence-corrected chi connectivity index (χ3v) is 3.46. The number of nitrogens with zero attached hydrogens (tertiary/aromatic N) is 2. The molecule has 0 radical (unpaired) electrons. The summed E-state index contributed by atoms with van der Waals surface area (Å²) in [7, 11) is 4.32. The van der Waals surface area contributed by atoms with Crippen LogP contribution in [-0.4, -0.2) is 26.2 Å². The van der Waals surface area contributed by atoms with Crippen LogP contribution in [0.3, 0.4) is 0 Å². The largest absolute Gasteiger partial charge is 0.468 e. The SMILES string of the molecule is CN1CC2(CC2)N(C)c2cocc21. The van der Waals surface area contributed by atoms with Crippen molar-refractivity contribution >= 4 is 11.4 Å². The highest BCUT2D eigenvalue weighted by Crippen LogP contribution is 2.50. The quantitative estimate of drug-likeness (QED) is 0.603. The Morgan fingerprint density at radius 1 is 1.23 bits per heavy atom. The topological polar surface area (TPSA) is 19.6 Å². The van der Waals surface area contributed by atoms with Crippen molar-refractivity contribution in [3.63, 3.8) is 0 Å². The molecule has 1 aromatic rings. The number of hydrogen-bond donors (Lipinski definition) is 0. The first-order chi connectivity index (χ1) is 6.23. The van der Waals surface area contributed by atoms with Crippen molar-refractivity contribution in [2.45, 2.75) is 18.4 Å². The molecule has 2 heterocycles. The van der Waals surface area contributed by atoms with Crippen LogP contribution in [0.2, 0.25) is 0 Å². The van der Waals surface area contributed by atoms with Crippen LogP contribution in [0.4, 0.5) is 11.4 Å². The van der Waals surface area contributed by atoms with Crippen molar-refractivity contribution in [3.05, 3.63) is 12.5 Å². The molecule has 1 spiro atoms. The van der Waals surface area contributed by atoms with E-state index in [1.165, 1.54) is 24.2 Å². The van der Waals surface area contributed by atoms with Gasteiger partial charge in [-0.2, -0.15) is 0 Å². The van der Waals surface area contributed by atoms with E-state index in [4.69, 9.17) is 4.42 Å². The first-order valence-corrected chi connectivity index (χ1v) is 4.74. The van der Waals surface area contributed by atoms with Crippen LogP contribution in [0, 0.1) is 0 Å². The first-order valence-electron chi connectivity index (χ1n) is 4.74. The molecule has 1 aliphatic carbocycles. The second-order valence-electron chi connectivity index (χ2n) is 4.28. The molecule has 0 atom stereocenters. The van der Waals surface area contributed by atoms with E-state index in [1.807, 2.05) is 12.5 Å². The van der Waals surface area contributed by atoms with Crippen LogP contribution < -0.4 is 9.80 Å². The summed E-state index contributed by atoms with van der Waals surface area (Å²) < 4.78 is 5.25. The second kappa shape index (κ2) is 2.03. The average molecular weight is 178 g/mol. The minimum Gasteiger partial charge on any atom is -0.468 e. The molecule has 0 saturated heterocycles. The van der Waals surface area contributed by atoms with Crippen molar-refractivity contribution in [1.29, 1.82) is 0 Å². The van der Waals surface area contributed by atoms with Crippen LogP contribution in [0.1, 0.15) is 12.8 Å². The molecular weight excluding hydrogens is 164 g/mol.